The predicted octanol–water partition coefficient (Wildman–Crippen LogP) is 10.3. The molecular weight excluding hydrogens is 528 g/mol. The molecule has 0 heterocycles. The number of hydrogen-bond acceptors (Lipinski definition) is 0. The van der Waals surface area contributed by atoms with E-state index in [2.05, 4.69) is 134 Å². The zero-order chi connectivity index (χ0) is 28.9. The van der Waals surface area contributed by atoms with E-state index >= 15 is 0 Å². The van der Waals surface area contributed by atoms with Crippen LogP contribution in [0.25, 0.3) is 22.3 Å². The average Bonchev–Trinajstić information content (AvgIpc) is 3.89. The fraction of sp³-hybridized carbons (Fsp3) is 0.273. The van der Waals surface area contributed by atoms with Crippen molar-refractivity contribution in [3.63, 3.8) is 0 Å². The highest BCUT2D eigenvalue weighted by molar-refractivity contribution is 5.79. The maximum atomic E-state index is 2.52. The molecule has 6 aliphatic rings. The average molecular weight is 567 g/mol. The van der Waals surface area contributed by atoms with Gasteiger partial charge in [-0.15, -0.1) is 0 Å². The van der Waals surface area contributed by atoms with Gasteiger partial charge in [0.2, 0.25) is 0 Å². The molecule has 2 saturated carbocycles. The molecule has 0 saturated heterocycles. The van der Waals surface area contributed by atoms with E-state index in [1.807, 2.05) is 0 Å². The third-order valence-corrected chi connectivity index (χ3v) is 12.7. The summed E-state index contributed by atoms with van der Waals surface area (Å²) in [4.78, 5) is 0. The number of allylic oxidation sites excluding steroid dienone is 8. The molecule has 2 fully saturated rings. The molecule has 0 nitrogen and oxygen atoms in total. The molecule has 0 atom stereocenters. The first-order chi connectivity index (χ1) is 21.7. The molecule has 0 N–H and O–H groups in total. The molecule has 10 rings (SSSR count). The Bertz CT molecular complexity index is 1780. The van der Waals surface area contributed by atoms with Crippen LogP contribution in [-0.4, -0.2) is 0 Å². The summed E-state index contributed by atoms with van der Waals surface area (Å²) in [5.41, 5.74) is 15.7. The summed E-state index contributed by atoms with van der Waals surface area (Å²) in [7, 11) is 0. The molecule has 0 amide bonds. The van der Waals surface area contributed by atoms with Gasteiger partial charge in [-0.05, 0) is 106 Å². The van der Waals surface area contributed by atoms with Crippen molar-refractivity contribution in [1.29, 1.82) is 0 Å². The van der Waals surface area contributed by atoms with E-state index in [1.165, 1.54) is 59.1 Å². The zero-order valence-electron chi connectivity index (χ0n) is 25.3. The molecule has 0 aromatic heterocycles. The lowest BCUT2D eigenvalue weighted by molar-refractivity contribution is 0.285. The van der Waals surface area contributed by atoms with Crippen molar-refractivity contribution in [2.24, 2.45) is 23.7 Å². The number of hydrogen-bond donors (Lipinski definition) is 0. The van der Waals surface area contributed by atoms with E-state index in [0.29, 0.717) is 11.8 Å². The highest BCUT2D eigenvalue weighted by Crippen LogP contribution is 2.66. The SMILES string of the molecule is C1=CC(C2(c3cccc4c3Cc3ccccc3-4)CC3CC(c4cccc5c4Cc4ccccc4-5)(C4C=CC=C4)CC3C2)C=C1. The fourth-order valence-corrected chi connectivity index (χ4v) is 11.0. The second-order valence-corrected chi connectivity index (χ2v) is 14.6. The van der Waals surface area contributed by atoms with Crippen molar-refractivity contribution >= 4 is 0 Å². The lowest BCUT2D eigenvalue weighted by Crippen LogP contribution is -2.36. The minimum absolute atomic E-state index is 0.175. The van der Waals surface area contributed by atoms with Crippen LogP contribution in [0.2, 0.25) is 0 Å². The van der Waals surface area contributed by atoms with Gasteiger partial charge in [-0.1, -0.05) is 134 Å². The summed E-state index contributed by atoms with van der Waals surface area (Å²) in [6, 6.07) is 32.7. The second-order valence-electron chi connectivity index (χ2n) is 14.6. The lowest BCUT2D eigenvalue weighted by atomic mass is 9.62. The largest absolute Gasteiger partial charge is 0.0767 e. The summed E-state index contributed by atoms with van der Waals surface area (Å²) in [5.74, 6) is 2.44. The molecule has 0 bridgehead atoms. The van der Waals surface area contributed by atoms with E-state index in [1.54, 1.807) is 22.3 Å². The standard InChI is InChI=1S/C44H38/c1-7-17-35-29(11-1)23-39-37(35)19-9-21-41(39)43(33-13-3-4-14-33)25-31-27-44(28-32(31)26-43,34-15-5-6-16-34)42-22-10-20-38-36-18-8-2-12-30(36)24-40(38)42/h1-22,31-34H,23-28H2. The van der Waals surface area contributed by atoms with Gasteiger partial charge < -0.3 is 0 Å². The minimum Gasteiger partial charge on any atom is -0.0767 e. The summed E-state index contributed by atoms with van der Waals surface area (Å²) in [5, 5.41) is 0. The van der Waals surface area contributed by atoms with Crippen LogP contribution in [0, 0.1) is 23.7 Å². The van der Waals surface area contributed by atoms with Gasteiger partial charge in [-0.25, -0.2) is 0 Å². The summed E-state index contributed by atoms with van der Waals surface area (Å²) < 4.78 is 0. The zero-order valence-corrected chi connectivity index (χ0v) is 25.3. The third-order valence-electron chi connectivity index (χ3n) is 12.7. The Kier molecular flexibility index (Phi) is 5.26. The van der Waals surface area contributed by atoms with E-state index in [-0.39, 0.29) is 10.8 Å². The van der Waals surface area contributed by atoms with E-state index in [9.17, 15) is 0 Å². The molecule has 0 heteroatoms. The second kappa shape index (κ2) is 9.18. The quantitative estimate of drug-likeness (QED) is 0.199. The van der Waals surface area contributed by atoms with Gasteiger partial charge in [0.15, 0.2) is 0 Å². The lowest BCUT2D eigenvalue weighted by Gasteiger charge is -2.41. The molecule has 6 aliphatic carbocycles. The van der Waals surface area contributed by atoms with Crippen LogP contribution in [0.15, 0.2) is 134 Å². The van der Waals surface area contributed by atoms with Crippen molar-refractivity contribution in [3.8, 4) is 22.3 Å². The minimum atomic E-state index is 0.175. The molecule has 0 spiro atoms. The number of fused-ring (bicyclic) bond motifs is 7. The van der Waals surface area contributed by atoms with Crippen LogP contribution < -0.4 is 0 Å². The normalized spacial score (nSPS) is 28.9. The number of benzene rings is 4. The van der Waals surface area contributed by atoms with E-state index in [4.69, 9.17) is 0 Å². The first-order valence-electron chi connectivity index (χ1n) is 16.8. The Morgan fingerprint density at radius 1 is 0.409 bits per heavy atom. The van der Waals surface area contributed by atoms with Gasteiger partial charge in [0.25, 0.3) is 0 Å². The topological polar surface area (TPSA) is 0 Å². The van der Waals surface area contributed by atoms with Crippen LogP contribution >= 0.6 is 0 Å². The number of rotatable bonds is 4. The molecule has 44 heavy (non-hydrogen) atoms. The predicted molar refractivity (Wildman–Crippen MR) is 182 cm³/mol. The first-order valence-corrected chi connectivity index (χ1v) is 16.8. The van der Waals surface area contributed by atoms with Crippen molar-refractivity contribution in [2.45, 2.75) is 49.4 Å². The Hall–Kier alpha value is -4.16. The monoisotopic (exact) mass is 566 g/mol. The Morgan fingerprint density at radius 3 is 1.23 bits per heavy atom. The Balaban J connectivity index is 1.07. The summed E-state index contributed by atoms with van der Waals surface area (Å²) in [6.07, 6.45) is 26.6. The third kappa shape index (κ3) is 3.35. The summed E-state index contributed by atoms with van der Waals surface area (Å²) in [6.45, 7) is 0. The smallest absolute Gasteiger partial charge is 0.00591 e. The Morgan fingerprint density at radius 2 is 0.795 bits per heavy atom. The van der Waals surface area contributed by atoms with Crippen LogP contribution in [0.1, 0.15) is 59.1 Å². The van der Waals surface area contributed by atoms with Gasteiger partial charge in [-0.3, -0.25) is 0 Å². The maximum absolute atomic E-state index is 2.52. The molecular formula is C44H38. The van der Waals surface area contributed by atoms with Crippen molar-refractivity contribution < 1.29 is 0 Å². The summed E-state index contributed by atoms with van der Waals surface area (Å²) >= 11 is 0. The van der Waals surface area contributed by atoms with Crippen LogP contribution in [0.3, 0.4) is 0 Å². The van der Waals surface area contributed by atoms with Gasteiger partial charge >= 0.3 is 0 Å². The van der Waals surface area contributed by atoms with Crippen molar-refractivity contribution in [2.75, 3.05) is 0 Å². The van der Waals surface area contributed by atoms with Crippen LogP contribution in [0.5, 0.6) is 0 Å². The van der Waals surface area contributed by atoms with Gasteiger partial charge in [0, 0.05) is 22.7 Å². The first kappa shape index (κ1) is 25.2. The van der Waals surface area contributed by atoms with E-state index < -0.39 is 0 Å². The molecule has 0 aliphatic heterocycles. The van der Waals surface area contributed by atoms with Crippen LogP contribution in [-0.2, 0) is 23.7 Å². The maximum Gasteiger partial charge on any atom is 0.00591 e. The molecule has 4 aromatic carbocycles. The molecule has 0 radical (unpaired) electrons. The Labute approximate surface area is 261 Å². The highest BCUT2D eigenvalue weighted by atomic mass is 14.6. The van der Waals surface area contributed by atoms with Crippen LogP contribution in [0.4, 0.5) is 0 Å². The fourth-order valence-electron chi connectivity index (χ4n) is 11.0. The van der Waals surface area contributed by atoms with Gasteiger partial charge in [-0.2, -0.15) is 0 Å². The van der Waals surface area contributed by atoms with E-state index in [0.717, 1.165) is 24.7 Å². The van der Waals surface area contributed by atoms with Crippen molar-refractivity contribution in [1.82, 2.24) is 0 Å². The van der Waals surface area contributed by atoms with Crippen molar-refractivity contribution in [3.05, 3.63) is 167 Å². The van der Waals surface area contributed by atoms with Gasteiger partial charge in [0.05, 0.1) is 0 Å². The molecule has 4 aromatic rings. The molecule has 0 unspecified atom stereocenters. The highest BCUT2D eigenvalue weighted by Gasteiger charge is 2.59. The molecule has 214 valence electrons. The van der Waals surface area contributed by atoms with Gasteiger partial charge in [0.1, 0.15) is 0 Å².